The van der Waals surface area contributed by atoms with Crippen LogP contribution < -0.4 is 11.5 Å². The van der Waals surface area contributed by atoms with Crippen LogP contribution in [0.25, 0.3) is 0 Å². The number of nitrogens with zero attached hydrogens (tertiary/aromatic N) is 1. The minimum atomic E-state index is -1.09. The third-order valence-corrected chi connectivity index (χ3v) is 4.26. The van der Waals surface area contributed by atoms with E-state index in [1.165, 1.54) is 0 Å². The number of hydrogen-bond donors (Lipinski definition) is 2. The topological polar surface area (TPSA) is 72.3 Å². The molecule has 1 aromatic rings. The zero-order chi connectivity index (χ0) is 15.9. The van der Waals surface area contributed by atoms with Crippen molar-refractivity contribution in [2.24, 2.45) is 17.4 Å². The van der Waals surface area contributed by atoms with Gasteiger partial charge in [-0.3, -0.25) is 4.79 Å². The first-order valence-electron chi connectivity index (χ1n) is 7.80. The van der Waals surface area contributed by atoms with Gasteiger partial charge in [0.25, 0.3) is 0 Å². The third kappa shape index (κ3) is 4.83. The Morgan fingerprint density at radius 1 is 1.29 bits per heavy atom. The molecule has 4 N–H and O–H groups in total. The third-order valence-electron chi connectivity index (χ3n) is 4.26. The van der Waals surface area contributed by atoms with Crippen LogP contribution in [0.4, 0.5) is 0 Å². The molecule has 0 aliphatic heterocycles. The molecule has 21 heavy (non-hydrogen) atoms. The molecule has 4 heteroatoms. The highest BCUT2D eigenvalue weighted by Crippen LogP contribution is 2.22. The van der Waals surface area contributed by atoms with Crippen LogP contribution in [0.5, 0.6) is 0 Å². The van der Waals surface area contributed by atoms with E-state index in [1.807, 2.05) is 30.3 Å². The number of amides is 1. The van der Waals surface area contributed by atoms with Crippen LogP contribution in [0.15, 0.2) is 30.3 Å². The van der Waals surface area contributed by atoms with E-state index in [1.54, 1.807) is 0 Å². The first-order chi connectivity index (χ1) is 9.93. The van der Waals surface area contributed by atoms with E-state index in [2.05, 4.69) is 25.7 Å². The van der Waals surface area contributed by atoms with E-state index in [0.29, 0.717) is 12.3 Å². The van der Waals surface area contributed by atoms with Crippen LogP contribution >= 0.6 is 0 Å². The van der Waals surface area contributed by atoms with Gasteiger partial charge in [-0.25, -0.2) is 0 Å². The molecule has 0 saturated heterocycles. The molecule has 0 heterocycles. The second-order valence-corrected chi connectivity index (χ2v) is 5.86. The van der Waals surface area contributed by atoms with Gasteiger partial charge in [0.2, 0.25) is 5.91 Å². The number of nitrogens with two attached hydrogens (primary N) is 2. The number of benzene rings is 1. The van der Waals surface area contributed by atoms with Crippen molar-refractivity contribution in [2.45, 2.75) is 39.2 Å². The predicted octanol–water partition coefficient (Wildman–Crippen LogP) is 2.08. The van der Waals surface area contributed by atoms with Gasteiger partial charge in [0.15, 0.2) is 0 Å². The largest absolute Gasteiger partial charge is 0.368 e. The Morgan fingerprint density at radius 2 is 1.90 bits per heavy atom. The molecule has 0 radical (unpaired) electrons. The average molecular weight is 291 g/mol. The molecular formula is C17H29N3O. The SMILES string of the molecule is CCC(C)CN(CC)CCC(N)(C(N)=O)c1ccccc1. The summed E-state index contributed by atoms with van der Waals surface area (Å²) in [6.07, 6.45) is 1.69. The summed E-state index contributed by atoms with van der Waals surface area (Å²) in [5.41, 5.74) is 11.6. The molecule has 0 aliphatic rings. The Labute approximate surface area is 128 Å². The Morgan fingerprint density at radius 3 is 2.38 bits per heavy atom. The summed E-state index contributed by atoms with van der Waals surface area (Å²) in [4.78, 5) is 14.2. The maximum atomic E-state index is 11.9. The smallest absolute Gasteiger partial charge is 0.242 e. The normalized spacial score (nSPS) is 15.7. The summed E-state index contributed by atoms with van der Waals surface area (Å²) >= 11 is 0. The van der Waals surface area contributed by atoms with Crippen molar-refractivity contribution in [1.29, 1.82) is 0 Å². The van der Waals surface area contributed by atoms with E-state index >= 15 is 0 Å². The zero-order valence-corrected chi connectivity index (χ0v) is 13.5. The molecule has 1 rings (SSSR count). The molecule has 0 spiro atoms. The summed E-state index contributed by atoms with van der Waals surface area (Å²) in [5.74, 6) is 0.177. The minimum Gasteiger partial charge on any atom is -0.368 e. The van der Waals surface area contributed by atoms with E-state index in [0.717, 1.165) is 31.6 Å². The van der Waals surface area contributed by atoms with Gasteiger partial charge in [0.1, 0.15) is 5.54 Å². The van der Waals surface area contributed by atoms with Crippen LogP contribution in [-0.4, -0.2) is 30.4 Å². The first kappa shape index (κ1) is 17.7. The maximum absolute atomic E-state index is 11.9. The van der Waals surface area contributed by atoms with Crippen molar-refractivity contribution in [2.75, 3.05) is 19.6 Å². The van der Waals surface area contributed by atoms with Crippen LogP contribution in [0, 0.1) is 5.92 Å². The summed E-state index contributed by atoms with van der Waals surface area (Å²) in [5, 5.41) is 0. The van der Waals surface area contributed by atoms with Crippen molar-refractivity contribution in [3.63, 3.8) is 0 Å². The molecule has 2 unspecified atom stereocenters. The van der Waals surface area contributed by atoms with Crippen LogP contribution in [0.3, 0.4) is 0 Å². The minimum absolute atomic E-state index is 0.465. The van der Waals surface area contributed by atoms with Gasteiger partial charge in [0.05, 0.1) is 0 Å². The van der Waals surface area contributed by atoms with Crippen molar-refractivity contribution in [3.05, 3.63) is 35.9 Å². The second kappa shape index (κ2) is 8.15. The molecule has 1 amide bonds. The Hall–Kier alpha value is -1.39. The fourth-order valence-electron chi connectivity index (χ4n) is 2.43. The van der Waals surface area contributed by atoms with Gasteiger partial charge in [0, 0.05) is 13.1 Å². The quantitative estimate of drug-likeness (QED) is 0.731. The maximum Gasteiger partial charge on any atom is 0.242 e. The Balaban J connectivity index is 2.77. The highest BCUT2D eigenvalue weighted by molar-refractivity contribution is 5.85. The van der Waals surface area contributed by atoms with Gasteiger partial charge in [-0.1, -0.05) is 57.5 Å². The number of primary amides is 1. The van der Waals surface area contributed by atoms with Gasteiger partial charge in [-0.05, 0) is 24.4 Å². The molecule has 2 atom stereocenters. The molecule has 0 aliphatic carbocycles. The highest BCUT2D eigenvalue weighted by atomic mass is 16.1. The van der Waals surface area contributed by atoms with Crippen LogP contribution in [0.2, 0.25) is 0 Å². The van der Waals surface area contributed by atoms with E-state index in [-0.39, 0.29) is 0 Å². The lowest BCUT2D eigenvalue weighted by Crippen LogP contribution is -2.51. The number of carbonyl (C=O) groups excluding carboxylic acids is 1. The highest BCUT2D eigenvalue weighted by Gasteiger charge is 2.34. The fraction of sp³-hybridized carbons (Fsp3) is 0.588. The van der Waals surface area contributed by atoms with Crippen LogP contribution in [-0.2, 0) is 10.3 Å². The van der Waals surface area contributed by atoms with Gasteiger partial charge >= 0.3 is 0 Å². The van der Waals surface area contributed by atoms with Crippen LogP contribution in [0.1, 0.15) is 39.2 Å². The molecule has 0 fully saturated rings. The number of rotatable bonds is 9. The van der Waals surface area contributed by atoms with Gasteiger partial charge < -0.3 is 16.4 Å². The van der Waals surface area contributed by atoms with E-state index in [4.69, 9.17) is 11.5 Å². The van der Waals surface area contributed by atoms with Gasteiger partial charge in [-0.15, -0.1) is 0 Å². The molecule has 0 aromatic heterocycles. The first-order valence-corrected chi connectivity index (χ1v) is 7.80. The number of hydrogen-bond acceptors (Lipinski definition) is 3. The molecule has 0 saturated carbocycles. The zero-order valence-electron chi connectivity index (χ0n) is 13.5. The Kier molecular flexibility index (Phi) is 6.85. The predicted molar refractivity (Wildman–Crippen MR) is 87.7 cm³/mol. The summed E-state index contributed by atoms with van der Waals surface area (Å²) < 4.78 is 0. The summed E-state index contributed by atoms with van der Waals surface area (Å²) in [6, 6.07) is 9.42. The molecule has 118 valence electrons. The average Bonchev–Trinajstić information content (AvgIpc) is 2.51. The number of carbonyl (C=O) groups is 1. The van der Waals surface area contributed by atoms with Crippen molar-refractivity contribution < 1.29 is 4.79 Å². The van der Waals surface area contributed by atoms with Crippen molar-refractivity contribution in [3.8, 4) is 0 Å². The molecule has 1 aromatic carbocycles. The lowest BCUT2D eigenvalue weighted by Gasteiger charge is -2.31. The monoisotopic (exact) mass is 291 g/mol. The van der Waals surface area contributed by atoms with Gasteiger partial charge in [-0.2, -0.15) is 0 Å². The molecular weight excluding hydrogens is 262 g/mol. The summed E-state index contributed by atoms with van der Waals surface area (Å²) in [6.45, 7) is 9.32. The standard InChI is InChI=1S/C17H29N3O/c1-4-14(3)13-20(5-2)12-11-17(19,16(18)21)15-9-7-6-8-10-15/h6-10,14H,4-5,11-13,19H2,1-3H3,(H2,18,21). The second-order valence-electron chi connectivity index (χ2n) is 5.86. The van der Waals surface area contributed by atoms with E-state index < -0.39 is 11.4 Å². The fourth-order valence-corrected chi connectivity index (χ4v) is 2.43. The molecule has 4 nitrogen and oxygen atoms in total. The van der Waals surface area contributed by atoms with Crippen molar-refractivity contribution >= 4 is 5.91 Å². The van der Waals surface area contributed by atoms with Crippen molar-refractivity contribution in [1.82, 2.24) is 4.90 Å². The summed E-state index contributed by atoms with van der Waals surface area (Å²) in [7, 11) is 0. The lowest BCUT2D eigenvalue weighted by atomic mass is 9.86. The Bertz CT molecular complexity index is 435. The molecule has 0 bridgehead atoms. The lowest BCUT2D eigenvalue weighted by molar-refractivity contribution is -0.123. The van der Waals surface area contributed by atoms with E-state index in [9.17, 15) is 4.79 Å².